The lowest BCUT2D eigenvalue weighted by atomic mass is 10.1. The van der Waals surface area contributed by atoms with Crippen molar-refractivity contribution in [2.24, 2.45) is 0 Å². The maximum atomic E-state index is 13.3. The van der Waals surface area contributed by atoms with Crippen LogP contribution >= 0.6 is 0 Å². The van der Waals surface area contributed by atoms with Gasteiger partial charge >= 0.3 is 0 Å². The van der Waals surface area contributed by atoms with Crippen molar-refractivity contribution < 1.29 is 26.7 Å². The number of hydrogen-bond donors (Lipinski definition) is 0. The second-order valence-electron chi connectivity index (χ2n) is 6.39. The first-order valence-electron chi connectivity index (χ1n) is 8.67. The highest BCUT2D eigenvalue weighted by molar-refractivity contribution is 7.89. The van der Waals surface area contributed by atoms with Crippen LogP contribution in [0.25, 0.3) is 0 Å². The molecule has 1 aliphatic heterocycles. The summed E-state index contributed by atoms with van der Waals surface area (Å²) in [7, 11) is -2.16. The number of benzene rings is 2. The predicted molar refractivity (Wildman–Crippen MR) is 98.4 cm³/mol. The summed E-state index contributed by atoms with van der Waals surface area (Å²) in [5, 5.41) is 0. The third-order valence-electron chi connectivity index (χ3n) is 4.63. The van der Waals surface area contributed by atoms with Crippen LogP contribution in [0.3, 0.4) is 0 Å². The van der Waals surface area contributed by atoms with Crippen LogP contribution in [0.1, 0.15) is 5.56 Å². The number of ether oxygens (including phenoxy) is 1. The molecule has 0 spiro atoms. The van der Waals surface area contributed by atoms with Gasteiger partial charge in [0, 0.05) is 26.2 Å². The molecule has 2 aromatic carbocycles. The van der Waals surface area contributed by atoms with E-state index in [0.29, 0.717) is 11.3 Å². The van der Waals surface area contributed by atoms with Crippen molar-refractivity contribution in [1.82, 2.24) is 9.21 Å². The fourth-order valence-electron chi connectivity index (χ4n) is 3.01. The third kappa shape index (κ3) is 4.31. The monoisotopic (exact) mass is 410 g/mol. The Labute approximate surface area is 162 Å². The SMILES string of the molecule is COc1ccc(S(=O)(=O)N2CCN(C(=O)Cc3ccc(F)c(F)c3)CC2)cc1. The van der Waals surface area contributed by atoms with Crippen molar-refractivity contribution in [3.63, 3.8) is 0 Å². The topological polar surface area (TPSA) is 66.9 Å². The Morgan fingerprint density at radius 1 is 1.00 bits per heavy atom. The van der Waals surface area contributed by atoms with Gasteiger partial charge < -0.3 is 9.64 Å². The molecule has 3 rings (SSSR count). The van der Waals surface area contributed by atoms with Crippen molar-refractivity contribution in [3.05, 3.63) is 59.7 Å². The fourth-order valence-corrected chi connectivity index (χ4v) is 4.43. The number of halogens is 2. The van der Waals surface area contributed by atoms with Crippen LogP contribution < -0.4 is 4.74 Å². The van der Waals surface area contributed by atoms with Gasteiger partial charge in [-0.1, -0.05) is 6.07 Å². The fraction of sp³-hybridized carbons (Fsp3) is 0.316. The van der Waals surface area contributed by atoms with Crippen LogP contribution in [0.5, 0.6) is 5.75 Å². The summed E-state index contributed by atoms with van der Waals surface area (Å²) in [5.41, 5.74) is 0.372. The van der Waals surface area contributed by atoms with Crippen molar-refractivity contribution >= 4 is 15.9 Å². The zero-order chi connectivity index (χ0) is 20.3. The minimum atomic E-state index is -3.66. The molecular weight excluding hydrogens is 390 g/mol. The second kappa shape index (κ2) is 8.24. The Kier molecular flexibility index (Phi) is 5.95. The van der Waals surface area contributed by atoms with Gasteiger partial charge in [0.15, 0.2) is 11.6 Å². The van der Waals surface area contributed by atoms with Gasteiger partial charge in [0.2, 0.25) is 15.9 Å². The second-order valence-corrected chi connectivity index (χ2v) is 8.32. The van der Waals surface area contributed by atoms with Crippen LogP contribution in [0.15, 0.2) is 47.4 Å². The van der Waals surface area contributed by atoms with Gasteiger partial charge in [0.25, 0.3) is 0 Å². The molecule has 1 saturated heterocycles. The highest BCUT2D eigenvalue weighted by Crippen LogP contribution is 2.21. The maximum absolute atomic E-state index is 13.3. The molecule has 1 fully saturated rings. The van der Waals surface area contributed by atoms with E-state index in [1.165, 1.54) is 34.5 Å². The number of sulfonamides is 1. The molecule has 9 heteroatoms. The van der Waals surface area contributed by atoms with Crippen molar-refractivity contribution in [2.75, 3.05) is 33.3 Å². The molecule has 0 N–H and O–H groups in total. The largest absolute Gasteiger partial charge is 0.497 e. The van der Waals surface area contributed by atoms with Crippen molar-refractivity contribution in [2.45, 2.75) is 11.3 Å². The summed E-state index contributed by atoms with van der Waals surface area (Å²) >= 11 is 0. The molecule has 0 aromatic heterocycles. The number of carbonyl (C=O) groups is 1. The number of piperazine rings is 1. The average molecular weight is 410 g/mol. The summed E-state index contributed by atoms with van der Waals surface area (Å²) in [6, 6.07) is 9.46. The number of hydrogen-bond acceptors (Lipinski definition) is 4. The molecule has 0 saturated carbocycles. The minimum Gasteiger partial charge on any atom is -0.497 e. The van der Waals surface area contributed by atoms with Crippen LogP contribution in [0.4, 0.5) is 8.78 Å². The smallest absolute Gasteiger partial charge is 0.243 e. The molecule has 1 amide bonds. The molecule has 0 unspecified atom stereocenters. The van der Waals surface area contributed by atoms with Gasteiger partial charge in [0.05, 0.1) is 18.4 Å². The van der Waals surface area contributed by atoms with E-state index >= 15 is 0 Å². The molecule has 0 atom stereocenters. The molecule has 2 aromatic rings. The lowest BCUT2D eigenvalue weighted by molar-refractivity contribution is -0.131. The Morgan fingerprint density at radius 2 is 1.64 bits per heavy atom. The first-order valence-corrected chi connectivity index (χ1v) is 10.1. The third-order valence-corrected chi connectivity index (χ3v) is 6.54. The Bertz CT molecular complexity index is 956. The molecule has 1 heterocycles. The molecule has 6 nitrogen and oxygen atoms in total. The van der Waals surface area contributed by atoms with Gasteiger partial charge in [-0.25, -0.2) is 17.2 Å². The Morgan fingerprint density at radius 3 is 2.21 bits per heavy atom. The summed E-state index contributed by atoms with van der Waals surface area (Å²) in [6.07, 6.45) is -0.0670. The van der Waals surface area contributed by atoms with Crippen LogP contribution in [-0.2, 0) is 21.2 Å². The highest BCUT2D eigenvalue weighted by Gasteiger charge is 2.30. The van der Waals surface area contributed by atoms with E-state index < -0.39 is 21.7 Å². The van der Waals surface area contributed by atoms with Crippen LogP contribution in [0.2, 0.25) is 0 Å². The lowest BCUT2D eigenvalue weighted by Crippen LogP contribution is -2.50. The zero-order valence-electron chi connectivity index (χ0n) is 15.3. The lowest BCUT2D eigenvalue weighted by Gasteiger charge is -2.34. The average Bonchev–Trinajstić information content (AvgIpc) is 2.71. The number of amides is 1. The van der Waals surface area contributed by atoms with E-state index in [9.17, 15) is 22.0 Å². The molecule has 0 aliphatic carbocycles. The quantitative estimate of drug-likeness (QED) is 0.757. The molecule has 150 valence electrons. The minimum absolute atomic E-state index is 0.0670. The van der Waals surface area contributed by atoms with E-state index in [0.717, 1.165) is 12.1 Å². The summed E-state index contributed by atoms with van der Waals surface area (Å²) in [5.74, 6) is -1.66. The number of methoxy groups -OCH3 is 1. The number of nitrogens with zero attached hydrogens (tertiary/aromatic N) is 2. The molecule has 1 aliphatic rings. The van der Waals surface area contributed by atoms with Gasteiger partial charge in [-0.3, -0.25) is 4.79 Å². The Hall–Kier alpha value is -2.52. The number of carbonyl (C=O) groups excluding carboxylic acids is 1. The van der Waals surface area contributed by atoms with Gasteiger partial charge in [-0.05, 0) is 42.0 Å². The first-order chi connectivity index (χ1) is 13.3. The standard InChI is InChI=1S/C19H20F2N2O4S/c1-27-15-3-5-16(6-4-15)28(25,26)23-10-8-22(9-11-23)19(24)13-14-2-7-17(20)18(21)12-14/h2-7,12H,8-11,13H2,1H3. The van der Waals surface area contributed by atoms with E-state index in [2.05, 4.69) is 0 Å². The number of rotatable bonds is 5. The van der Waals surface area contributed by atoms with Gasteiger partial charge in [0.1, 0.15) is 5.75 Å². The van der Waals surface area contributed by atoms with Crippen molar-refractivity contribution in [3.8, 4) is 5.75 Å². The first kappa shape index (κ1) is 20.2. The zero-order valence-corrected chi connectivity index (χ0v) is 16.1. The maximum Gasteiger partial charge on any atom is 0.243 e. The predicted octanol–water partition coefficient (Wildman–Crippen LogP) is 2.05. The van der Waals surface area contributed by atoms with E-state index in [4.69, 9.17) is 4.74 Å². The Balaban J connectivity index is 1.61. The molecule has 28 heavy (non-hydrogen) atoms. The molecule has 0 radical (unpaired) electrons. The van der Waals surface area contributed by atoms with E-state index in [1.54, 1.807) is 12.1 Å². The summed E-state index contributed by atoms with van der Waals surface area (Å²) < 4.78 is 58.1. The van der Waals surface area contributed by atoms with Gasteiger partial charge in [-0.2, -0.15) is 4.31 Å². The van der Waals surface area contributed by atoms with Crippen LogP contribution in [-0.4, -0.2) is 56.8 Å². The van der Waals surface area contributed by atoms with E-state index in [1.807, 2.05) is 0 Å². The molecule has 0 bridgehead atoms. The molecular formula is C19H20F2N2O4S. The highest BCUT2D eigenvalue weighted by atomic mass is 32.2. The summed E-state index contributed by atoms with van der Waals surface area (Å²) in [4.78, 5) is 14.1. The van der Waals surface area contributed by atoms with E-state index in [-0.39, 0.29) is 43.4 Å². The van der Waals surface area contributed by atoms with Gasteiger partial charge in [-0.15, -0.1) is 0 Å². The summed E-state index contributed by atoms with van der Waals surface area (Å²) in [6.45, 7) is 0.797. The normalized spacial score (nSPS) is 15.5. The van der Waals surface area contributed by atoms with Crippen molar-refractivity contribution in [1.29, 1.82) is 0 Å². The van der Waals surface area contributed by atoms with Crippen LogP contribution in [0, 0.1) is 11.6 Å².